The van der Waals surface area contributed by atoms with Gasteiger partial charge in [0.1, 0.15) is 10.1 Å². The summed E-state index contributed by atoms with van der Waals surface area (Å²) in [5.74, 6) is 0. The molecule has 0 spiro atoms. The van der Waals surface area contributed by atoms with Crippen molar-refractivity contribution in [2.45, 2.75) is 18.7 Å². The molecule has 0 unspecified atom stereocenters. The summed E-state index contributed by atoms with van der Waals surface area (Å²) in [5.41, 5.74) is 2.18. The maximum absolute atomic E-state index is 10.4. The molecule has 20 heavy (non-hydrogen) atoms. The van der Waals surface area contributed by atoms with Crippen LogP contribution in [0, 0.1) is 13.8 Å². The summed E-state index contributed by atoms with van der Waals surface area (Å²) in [6.45, 7) is 3.89. The van der Waals surface area contributed by atoms with E-state index in [1.54, 1.807) is 12.1 Å². The third-order valence-corrected chi connectivity index (χ3v) is 4.50. The number of hydrogen-bond acceptors (Lipinski definition) is 3. The van der Waals surface area contributed by atoms with Crippen molar-refractivity contribution in [2.24, 2.45) is 14.1 Å². The maximum atomic E-state index is 10.4. The highest BCUT2D eigenvalue weighted by atomic mass is 79.9. The van der Waals surface area contributed by atoms with Gasteiger partial charge in [0.2, 0.25) is 0 Å². The molecule has 0 aliphatic heterocycles. The summed E-state index contributed by atoms with van der Waals surface area (Å²) in [6.07, 6.45) is 0. The molecular weight excluding hydrogens is 344 g/mol. The number of aromatic nitrogens is 2. The van der Waals surface area contributed by atoms with Gasteiger partial charge in [-0.05, 0) is 26.0 Å². The Labute approximate surface area is 127 Å². The van der Waals surface area contributed by atoms with Gasteiger partial charge in [-0.25, -0.2) is 8.42 Å². The third-order valence-electron chi connectivity index (χ3n) is 2.91. The van der Waals surface area contributed by atoms with Crippen molar-refractivity contribution in [2.75, 3.05) is 0 Å². The zero-order chi connectivity index (χ0) is 15.5. The minimum atomic E-state index is -4.27. The molecule has 0 aliphatic rings. The van der Waals surface area contributed by atoms with Crippen LogP contribution in [0.25, 0.3) is 0 Å². The van der Waals surface area contributed by atoms with E-state index < -0.39 is 10.1 Å². The average Bonchev–Trinajstić information content (AvgIpc) is 2.56. The highest BCUT2D eigenvalue weighted by Gasteiger charge is 2.08. The molecule has 0 fully saturated rings. The summed E-state index contributed by atoms with van der Waals surface area (Å²) in [5, 5.41) is 0. The van der Waals surface area contributed by atoms with E-state index in [1.165, 1.54) is 17.8 Å². The van der Waals surface area contributed by atoms with Crippen molar-refractivity contribution in [1.82, 2.24) is 4.68 Å². The lowest BCUT2D eigenvalue weighted by Gasteiger charge is -2.05. The Balaban J connectivity index is 0.000000204. The van der Waals surface area contributed by atoms with E-state index in [9.17, 15) is 13.0 Å². The van der Waals surface area contributed by atoms with Gasteiger partial charge in [0.15, 0.2) is 7.05 Å². The second-order valence-corrected chi connectivity index (χ2v) is 6.61. The number of aryl methyl sites for hydroxylation is 2. The first kappa shape index (κ1) is 16.9. The van der Waals surface area contributed by atoms with Gasteiger partial charge in [-0.3, -0.25) is 0 Å². The van der Waals surface area contributed by atoms with Crippen LogP contribution in [-0.4, -0.2) is 17.7 Å². The largest absolute Gasteiger partial charge is 0.744 e. The number of benzene rings is 1. The van der Waals surface area contributed by atoms with Crippen molar-refractivity contribution in [3.63, 3.8) is 0 Å². The fourth-order valence-electron chi connectivity index (χ4n) is 1.44. The van der Waals surface area contributed by atoms with E-state index in [2.05, 4.69) is 33.6 Å². The lowest BCUT2D eigenvalue weighted by Crippen LogP contribution is -2.38. The molecule has 110 valence electrons. The Morgan fingerprint density at radius 1 is 1.20 bits per heavy atom. The van der Waals surface area contributed by atoms with Crippen molar-refractivity contribution < 1.29 is 17.7 Å². The van der Waals surface area contributed by atoms with Crippen LogP contribution >= 0.6 is 15.9 Å². The van der Waals surface area contributed by atoms with Crippen molar-refractivity contribution in [3.05, 3.63) is 46.2 Å². The molecule has 0 radical (unpaired) electrons. The Morgan fingerprint density at radius 2 is 1.70 bits per heavy atom. The van der Waals surface area contributed by atoms with Gasteiger partial charge < -0.3 is 4.55 Å². The predicted octanol–water partition coefficient (Wildman–Crippen LogP) is 1.82. The molecule has 0 aliphatic carbocycles. The molecule has 0 bridgehead atoms. The Kier molecular flexibility index (Phi) is 5.50. The van der Waals surface area contributed by atoms with Crippen LogP contribution in [-0.2, 0) is 24.2 Å². The average molecular weight is 361 g/mol. The Hall–Kier alpha value is -1.18. The van der Waals surface area contributed by atoms with Crippen LogP contribution in [0.3, 0.4) is 0 Å². The highest BCUT2D eigenvalue weighted by Crippen LogP contribution is 2.08. The Morgan fingerprint density at radius 3 is 1.95 bits per heavy atom. The van der Waals surface area contributed by atoms with Crippen LogP contribution in [0.5, 0.6) is 0 Å². The molecular formula is C13H17BrN2O3S. The minimum absolute atomic E-state index is 0.178. The number of hydrogen-bond donors (Lipinski definition) is 0. The summed E-state index contributed by atoms with van der Waals surface area (Å²) < 4.78 is 36.4. The predicted molar refractivity (Wildman–Crippen MR) is 78.2 cm³/mol. The number of rotatable bonds is 1. The van der Waals surface area contributed by atoms with Gasteiger partial charge in [-0.1, -0.05) is 17.7 Å². The van der Waals surface area contributed by atoms with Crippen molar-refractivity contribution in [1.29, 1.82) is 0 Å². The van der Waals surface area contributed by atoms with Crippen LogP contribution in [0.4, 0.5) is 0 Å². The molecule has 7 heteroatoms. The SMILES string of the molecule is Cc1cc(Br)[n+](C)n1C.Cc1ccc(S(=O)(=O)[O-])cc1. The van der Waals surface area contributed by atoms with E-state index in [4.69, 9.17) is 0 Å². The standard InChI is InChI=1S/C7H8O3S.C6H10BrN2/c1-6-2-4-7(5-3-6)11(8,9)10;1-5-4-6(7)9(3)8(5)2/h2-5H,1H3,(H,8,9,10);4H,1-3H3/q;+1/p-1. The molecule has 1 heterocycles. The van der Waals surface area contributed by atoms with Gasteiger partial charge in [-0.15, -0.1) is 4.68 Å². The summed E-state index contributed by atoms with van der Waals surface area (Å²) >= 11 is 3.41. The molecule has 0 saturated heterocycles. The third kappa shape index (κ3) is 4.43. The molecule has 0 atom stereocenters. The highest BCUT2D eigenvalue weighted by molar-refractivity contribution is 9.10. The summed E-state index contributed by atoms with van der Waals surface area (Å²) in [4.78, 5) is -0.178. The van der Waals surface area contributed by atoms with Crippen LogP contribution in [0.1, 0.15) is 11.3 Å². The first-order valence-corrected chi connectivity index (χ1v) is 8.03. The van der Waals surface area contributed by atoms with Crippen LogP contribution in [0.2, 0.25) is 0 Å². The Bertz CT molecular complexity index is 669. The monoisotopic (exact) mass is 360 g/mol. The first-order valence-electron chi connectivity index (χ1n) is 5.83. The maximum Gasteiger partial charge on any atom is 0.273 e. The lowest BCUT2D eigenvalue weighted by atomic mass is 10.2. The molecule has 2 rings (SSSR count). The fraction of sp³-hybridized carbons (Fsp3) is 0.308. The van der Waals surface area contributed by atoms with Gasteiger partial charge in [0.05, 0.1) is 17.6 Å². The number of halogens is 1. The fourth-order valence-corrected chi connectivity index (χ4v) is 2.48. The normalized spacial score (nSPS) is 10.9. The molecule has 0 saturated carbocycles. The first-order chi connectivity index (χ1) is 9.12. The zero-order valence-electron chi connectivity index (χ0n) is 11.8. The molecule has 5 nitrogen and oxygen atoms in total. The summed E-state index contributed by atoms with van der Waals surface area (Å²) in [6, 6.07) is 7.87. The molecule has 1 aromatic carbocycles. The van der Waals surface area contributed by atoms with E-state index in [0.29, 0.717) is 0 Å². The van der Waals surface area contributed by atoms with Crippen LogP contribution < -0.4 is 4.68 Å². The lowest BCUT2D eigenvalue weighted by molar-refractivity contribution is -0.761. The molecule has 0 amide bonds. The zero-order valence-corrected chi connectivity index (χ0v) is 14.2. The van der Waals surface area contributed by atoms with E-state index >= 15 is 0 Å². The second kappa shape index (κ2) is 6.51. The van der Waals surface area contributed by atoms with Gasteiger partial charge in [-0.2, -0.15) is 4.68 Å². The minimum Gasteiger partial charge on any atom is -0.744 e. The van der Waals surface area contributed by atoms with E-state index in [-0.39, 0.29) is 4.90 Å². The number of nitrogens with zero attached hydrogens (tertiary/aromatic N) is 2. The topological polar surface area (TPSA) is 66.0 Å². The van der Waals surface area contributed by atoms with Gasteiger partial charge >= 0.3 is 0 Å². The van der Waals surface area contributed by atoms with Gasteiger partial charge in [0.25, 0.3) is 4.60 Å². The van der Waals surface area contributed by atoms with Crippen molar-refractivity contribution in [3.8, 4) is 0 Å². The summed E-state index contributed by atoms with van der Waals surface area (Å²) in [7, 11) is -0.231. The molecule has 1 aromatic heterocycles. The van der Waals surface area contributed by atoms with E-state index in [1.807, 2.05) is 25.7 Å². The smallest absolute Gasteiger partial charge is 0.273 e. The van der Waals surface area contributed by atoms with E-state index in [0.717, 1.165) is 10.2 Å². The van der Waals surface area contributed by atoms with Gasteiger partial charge in [0, 0.05) is 22.0 Å². The molecule has 2 aromatic rings. The quantitative estimate of drug-likeness (QED) is 0.575. The second-order valence-electron chi connectivity index (χ2n) is 4.42. The molecule has 0 N–H and O–H groups in total. The van der Waals surface area contributed by atoms with Crippen LogP contribution in [0.15, 0.2) is 39.8 Å². The van der Waals surface area contributed by atoms with Crippen molar-refractivity contribution >= 4 is 26.0 Å².